The second kappa shape index (κ2) is 4.39. The normalized spacial score (nSPS) is 28.4. The Hall–Kier alpha value is -1.14. The summed E-state index contributed by atoms with van der Waals surface area (Å²) in [4.78, 5) is 21.9. The zero-order valence-electron chi connectivity index (χ0n) is 7.90. The average Bonchev–Trinajstić information content (AvgIpc) is 2.52. The third-order valence-electron chi connectivity index (χ3n) is 2.14. The highest BCUT2D eigenvalue weighted by molar-refractivity contribution is 5.82. The Morgan fingerprint density at radius 1 is 1.57 bits per heavy atom. The van der Waals surface area contributed by atoms with E-state index in [0.29, 0.717) is 0 Å². The number of nitrogens with one attached hydrogen (secondary N) is 1. The van der Waals surface area contributed by atoms with Crippen molar-refractivity contribution >= 4 is 11.9 Å². The molecule has 80 valence electrons. The Morgan fingerprint density at radius 2 is 2.21 bits per heavy atom. The fraction of sp³-hybridized carbons (Fsp3) is 0.750. The Morgan fingerprint density at radius 3 is 2.71 bits per heavy atom. The number of hydrogen-bond acceptors (Lipinski definition) is 4. The first-order chi connectivity index (χ1) is 6.52. The molecule has 0 aliphatic carbocycles. The minimum Gasteiger partial charge on any atom is -0.481 e. The van der Waals surface area contributed by atoms with Crippen molar-refractivity contribution in [2.75, 3.05) is 13.2 Å². The van der Waals surface area contributed by atoms with Crippen molar-refractivity contribution in [1.29, 1.82) is 0 Å². The number of aliphatic carboxylic acids is 1. The van der Waals surface area contributed by atoms with Crippen LogP contribution in [-0.2, 0) is 14.3 Å². The van der Waals surface area contributed by atoms with Gasteiger partial charge in [0.05, 0.1) is 25.3 Å². The van der Waals surface area contributed by atoms with Crippen molar-refractivity contribution in [3.63, 3.8) is 0 Å². The van der Waals surface area contributed by atoms with Crippen LogP contribution in [0, 0.1) is 5.92 Å². The van der Waals surface area contributed by atoms with Crippen molar-refractivity contribution in [1.82, 2.24) is 5.32 Å². The van der Waals surface area contributed by atoms with E-state index in [9.17, 15) is 9.59 Å². The van der Waals surface area contributed by atoms with Crippen LogP contribution in [0.4, 0.5) is 0 Å². The van der Waals surface area contributed by atoms with Crippen molar-refractivity contribution < 1.29 is 19.4 Å². The van der Waals surface area contributed by atoms with E-state index in [-0.39, 0.29) is 19.1 Å². The number of ether oxygens (including phenoxy) is 1. The summed E-state index contributed by atoms with van der Waals surface area (Å²) >= 11 is 0. The molecule has 6 nitrogen and oxygen atoms in total. The van der Waals surface area contributed by atoms with Gasteiger partial charge in [-0.25, -0.2) is 0 Å². The molecule has 0 radical (unpaired) electrons. The van der Waals surface area contributed by atoms with Gasteiger partial charge >= 0.3 is 5.97 Å². The van der Waals surface area contributed by atoms with Crippen LogP contribution in [0.15, 0.2) is 0 Å². The van der Waals surface area contributed by atoms with E-state index < -0.39 is 24.0 Å². The summed E-state index contributed by atoms with van der Waals surface area (Å²) in [5.74, 6) is -1.98. The van der Waals surface area contributed by atoms with Crippen LogP contribution < -0.4 is 11.1 Å². The zero-order valence-corrected chi connectivity index (χ0v) is 7.90. The van der Waals surface area contributed by atoms with E-state index in [1.165, 1.54) is 0 Å². The molecular formula is C8H14N2O4. The highest BCUT2D eigenvalue weighted by Gasteiger charge is 2.35. The van der Waals surface area contributed by atoms with Crippen molar-refractivity contribution in [2.45, 2.75) is 19.0 Å². The minimum atomic E-state index is -0.961. The molecular weight excluding hydrogens is 188 g/mol. The molecule has 1 rings (SSSR count). The quantitative estimate of drug-likeness (QED) is 0.519. The number of rotatable bonds is 3. The molecule has 0 spiro atoms. The van der Waals surface area contributed by atoms with Crippen LogP contribution in [0.5, 0.6) is 0 Å². The molecule has 1 fully saturated rings. The lowest BCUT2D eigenvalue weighted by molar-refractivity contribution is -0.142. The molecule has 1 aliphatic rings. The SMILES string of the molecule is C[C@@H](N)C(=O)NC1COCC1C(=O)O. The van der Waals surface area contributed by atoms with Crippen molar-refractivity contribution in [3.8, 4) is 0 Å². The summed E-state index contributed by atoms with van der Waals surface area (Å²) in [6, 6.07) is -1.10. The van der Waals surface area contributed by atoms with Crippen LogP contribution in [0.25, 0.3) is 0 Å². The summed E-state index contributed by atoms with van der Waals surface area (Å²) in [5, 5.41) is 11.3. The summed E-state index contributed by atoms with van der Waals surface area (Å²) in [7, 11) is 0. The van der Waals surface area contributed by atoms with Gasteiger partial charge in [0.1, 0.15) is 5.92 Å². The maximum absolute atomic E-state index is 11.2. The Bertz CT molecular complexity index is 241. The van der Waals surface area contributed by atoms with Gasteiger partial charge in [-0.15, -0.1) is 0 Å². The number of hydrogen-bond donors (Lipinski definition) is 3. The molecule has 0 aromatic heterocycles. The second-order valence-corrected chi connectivity index (χ2v) is 3.39. The lowest BCUT2D eigenvalue weighted by Gasteiger charge is -2.16. The molecule has 1 heterocycles. The highest BCUT2D eigenvalue weighted by Crippen LogP contribution is 2.13. The fourth-order valence-electron chi connectivity index (χ4n) is 1.25. The molecule has 3 atom stereocenters. The summed E-state index contributed by atoms with van der Waals surface area (Å²) in [6.07, 6.45) is 0. The van der Waals surface area contributed by atoms with Gasteiger partial charge in [0.2, 0.25) is 5.91 Å². The lowest BCUT2D eigenvalue weighted by Crippen LogP contribution is -2.48. The van der Waals surface area contributed by atoms with E-state index in [1.807, 2.05) is 0 Å². The third kappa shape index (κ3) is 2.43. The van der Waals surface area contributed by atoms with Gasteiger partial charge < -0.3 is 20.9 Å². The molecule has 1 saturated heterocycles. The van der Waals surface area contributed by atoms with Crippen molar-refractivity contribution in [3.05, 3.63) is 0 Å². The van der Waals surface area contributed by atoms with E-state index in [4.69, 9.17) is 15.6 Å². The van der Waals surface area contributed by atoms with Gasteiger partial charge in [0.15, 0.2) is 0 Å². The fourth-order valence-corrected chi connectivity index (χ4v) is 1.25. The standard InChI is InChI=1S/C8H14N2O4/c1-4(9)7(11)10-6-3-14-2-5(6)8(12)13/h4-6H,2-3,9H2,1H3,(H,10,11)(H,12,13)/t4-,5?,6?/m1/s1. The maximum Gasteiger partial charge on any atom is 0.311 e. The van der Waals surface area contributed by atoms with Crippen molar-refractivity contribution in [2.24, 2.45) is 11.7 Å². The molecule has 14 heavy (non-hydrogen) atoms. The number of carbonyl (C=O) groups excluding carboxylic acids is 1. The van der Waals surface area contributed by atoms with Gasteiger partial charge in [-0.1, -0.05) is 0 Å². The predicted octanol–water partition coefficient (Wildman–Crippen LogP) is -1.45. The largest absolute Gasteiger partial charge is 0.481 e. The van der Waals surface area contributed by atoms with E-state index >= 15 is 0 Å². The lowest BCUT2D eigenvalue weighted by atomic mass is 10.0. The first-order valence-corrected chi connectivity index (χ1v) is 4.39. The van der Waals surface area contributed by atoms with Crippen LogP contribution in [0.3, 0.4) is 0 Å². The van der Waals surface area contributed by atoms with E-state index in [0.717, 1.165) is 0 Å². The summed E-state index contributed by atoms with van der Waals surface area (Å²) in [5.41, 5.74) is 5.34. The van der Waals surface area contributed by atoms with Crippen LogP contribution in [0.2, 0.25) is 0 Å². The zero-order chi connectivity index (χ0) is 10.7. The van der Waals surface area contributed by atoms with Gasteiger partial charge in [-0.3, -0.25) is 9.59 Å². The molecule has 1 amide bonds. The van der Waals surface area contributed by atoms with Gasteiger partial charge in [0, 0.05) is 0 Å². The molecule has 6 heteroatoms. The van der Waals surface area contributed by atoms with Crippen LogP contribution in [-0.4, -0.2) is 42.3 Å². The number of carbonyl (C=O) groups is 2. The molecule has 0 aromatic carbocycles. The third-order valence-corrected chi connectivity index (χ3v) is 2.14. The molecule has 1 aliphatic heterocycles. The number of amides is 1. The number of carboxylic acids is 1. The topological polar surface area (TPSA) is 102 Å². The minimum absolute atomic E-state index is 0.138. The first-order valence-electron chi connectivity index (χ1n) is 4.39. The first kappa shape index (κ1) is 10.9. The Kier molecular flexibility index (Phi) is 3.43. The Labute approximate surface area is 81.4 Å². The highest BCUT2D eigenvalue weighted by atomic mass is 16.5. The molecule has 0 saturated carbocycles. The van der Waals surface area contributed by atoms with E-state index in [1.54, 1.807) is 6.92 Å². The van der Waals surface area contributed by atoms with Crippen LogP contribution >= 0.6 is 0 Å². The molecule has 0 aromatic rings. The van der Waals surface area contributed by atoms with Gasteiger partial charge in [0.25, 0.3) is 0 Å². The number of carboxylic acid groups (broad SMARTS) is 1. The predicted molar refractivity (Wildman–Crippen MR) is 47.5 cm³/mol. The summed E-state index contributed by atoms with van der Waals surface area (Å²) < 4.78 is 4.98. The van der Waals surface area contributed by atoms with Crippen LogP contribution in [0.1, 0.15) is 6.92 Å². The Balaban J connectivity index is 2.51. The molecule has 4 N–H and O–H groups in total. The average molecular weight is 202 g/mol. The second-order valence-electron chi connectivity index (χ2n) is 3.39. The monoisotopic (exact) mass is 202 g/mol. The molecule has 2 unspecified atom stereocenters. The maximum atomic E-state index is 11.2. The molecule has 0 bridgehead atoms. The van der Waals surface area contributed by atoms with Gasteiger partial charge in [-0.05, 0) is 6.92 Å². The summed E-state index contributed by atoms with van der Waals surface area (Å²) in [6.45, 7) is 1.91. The van der Waals surface area contributed by atoms with E-state index in [2.05, 4.69) is 5.32 Å². The smallest absolute Gasteiger partial charge is 0.311 e. The number of nitrogens with two attached hydrogens (primary N) is 1. The van der Waals surface area contributed by atoms with Gasteiger partial charge in [-0.2, -0.15) is 0 Å².